The van der Waals surface area contributed by atoms with Gasteiger partial charge < -0.3 is 20.6 Å². The molecule has 0 aliphatic heterocycles. The van der Waals surface area contributed by atoms with Gasteiger partial charge in [-0.3, -0.25) is 4.79 Å². The molecule has 0 fully saturated rings. The lowest BCUT2D eigenvalue weighted by atomic mass is 10.2. The van der Waals surface area contributed by atoms with Crippen LogP contribution in [0.25, 0.3) is 0 Å². The number of nitrogens with one attached hydrogen (secondary N) is 2. The molecule has 7 nitrogen and oxygen atoms in total. The maximum Gasteiger partial charge on any atom is 0.326 e. The molecule has 0 bridgehead atoms. The zero-order chi connectivity index (χ0) is 14.1. The van der Waals surface area contributed by atoms with E-state index in [1.807, 2.05) is 0 Å². The highest BCUT2D eigenvalue weighted by molar-refractivity contribution is 5.86. The van der Waals surface area contributed by atoms with Crippen LogP contribution in [0.4, 0.5) is 4.79 Å². The number of amides is 3. The van der Waals surface area contributed by atoms with Crippen LogP contribution in [0.1, 0.15) is 27.2 Å². The summed E-state index contributed by atoms with van der Waals surface area (Å²) in [5.41, 5.74) is 0. The summed E-state index contributed by atoms with van der Waals surface area (Å²) in [5.74, 6) is -1.35. The third kappa shape index (κ3) is 5.51. The second-order valence-electron chi connectivity index (χ2n) is 3.72. The molecular formula is C11H21N3O4. The second kappa shape index (κ2) is 8.32. The molecule has 18 heavy (non-hydrogen) atoms. The van der Waals surface area contributed by atoms with Crippen molar-refractivity contribution in [2.24, 2.45) is 0 Å². The van der Waals surface area contributed by atoms with Crippen molar-refractivity contribution in [3.05, 3.63) is 0 Å². The fraction of sp³-hybridized carbons (Fsp3) is 0.727. The minimum Gasteiger partial charge on any atom is -0.480 e. The van der Waals surface area contributed by atoms with Crippen LogP contribution in [0.5, 0.6) is 0 Å². The van der Waals surface area contributed by atoms with Crippen molar-refractivity contribution in [3.8, 4) is 0 Å². The van der Waals surface area contributed by atoms with Crippen molar-refractivity contribution < 1.29 is 19.5 Å². The number of aliphatic carboxylic acids is 1. The molecule has 7 heteroatoms. The summed E-state index contributed by atoms with van der Waals surface area (Å²) in [6, 6.07) is -1.47. The summed E-state index contributed by atoms with van der Waals surface area (Å²) in [4.78, 5) is 35.2. The zero-order valence-electron chi connectivity index (χ0n) is 11.0. The standard InChI is InChI=1S/C11H21N3O4/c1-4-8(10(16)17)13-11(18)14(6-3)7-9(15)12-5-2/h8H,4-7H2,1-3H3,(H,12,15)(H,13,18)(H,16,17)/t8-/m0/s1. The molecule has 0 unspecified atom stereocenters. The van der Waals surface area contributed by atoms with Gasteiger partial charge in [0.25, 0.3) is 0 Å². The van der Waals surface area contributed by atoms with Gasteiger partial charge in [-0.1, -0.05) is 6.92 Å². The number of urea groups is 1. The Kier molecular flexibility index (Phi) is 7.50. The Bertz CT molecular complexity index is 307. The number of carbonyl (C=O) groups is 3. The number of nitrogens with zero attached hydrogens (tertiary/aromatic N) is 1. The number of rotatable bonds is 7. The van der Waals surface area contributed by atoms with Crippen molar-refractivity contribution in [1.29, 1.82) is 0 Å². The fourth-order valence-corrected chi connectivity index (χ4v) is 1.33. The Morgan fingerprint density at radius 1 is 1.22 bits per heavy atom. The van der Waals surface area contributed by atoms with Crippen LogP contribution in [-0.4, -0.2) is 53.6 Å². The van der Waals surface area contributed by atoms with Crippen molar-refractivity contribution in [2.45, 2.75) is 33.2 Å². The second-order valence-corrected chi connectivity index (χ2v) is 3.72. The van der Waals surface area contributed by atoms with Crippen LogP contribution in [0.3, 0.4) is 0 Å². The summed E-state index contributed by atoms with van der Waals surface area (Å²) in [7, 11) is 0. The highest BCUT2D eigenvalue weighted by atomic mass is 16.4. The van der Waals surface area contributed by atoms with E-state index < -0.39 is 18.0 Å². The largest absolute Gasteiger partial charge is 0.480 e. The minimum atomic E-state index is -1.08. The lowest BCUT2D eigenvalue weighted by Crippen LogP contribution is -2.50. The molecule has 0 aliphatic rings. The van der Waals surface area contributed by atoms with E-state index in [-0.39, 0.29) is 12.5 Å². The molecule has 0 rings (SSSR count). The summed E-state index contributed by atoms with van der Waals surface area (Å²) in [6.45, 7) is 5.92. The number of hydrogen-bond acceptors (Lipinski definition) is 3. The number of hydrogen-bond donors (Lipinski definition) is 3. The molecule has 0 radical (unpaired) electrons. The summed E-state index contributed by atoms with van der Waals surface area (Å²) < 4.78 is 0. The third-order valence-corrected chi connectivity index (χ3v) is 2.38. The van der Waals surface area contributed by atoms with Gasteiger partial charge in [0.15, 0.2) is 0 Å². The van der Waals surface area contributed by atoms with Gasteiger partial charge in [-0.25, -0.2) is 9.59 Å². The van der Waals surface area contributed by atoms with Gasteiger partial charge in [0.05, 0.1) is 0 Å². The maximum absolute atomic E-state index is 11.8. The van der Waals surface area contributed by atoms with Crippen molar-refractivity contribution in [2.75, 3.05) is 19.6 Å². The molecule has 0 spiro atoms. The van der Waals surface area contributed by atoms with Gasteiger partial charge in [-0.2, -0.15) is 0 Å². The van der Waals surface area contributed by atoms with Crippen LogP contribution in [0.2, 0.25) is 0 Å². The van der Waals surface area contributed by atoms with E-state index in [9.17, 15) is 14.4 Å². The van der Waals surface area contributed by atoms with Gasteiger partial charge >= 0.3 is 12.0 Å². The molecule has 0 heterocycles. The molecule has 1 atom stereocenters. The quantitative estimate of drug-likeness (QED) is 0.600. The number of carboxylic acid groups (broad SMARTS) is 1. The lowest BCUT2D eigenvalue weighted by molar-refractivity contribution is -0.139. The normalized spacial score (nSPS) is 11.5. The van der Waals surface area contributed by atoms with Crippen molar-refractivity contribution >= 4 is 17.9 Å². The fourth-order valence-electron chi connectivity index (χ4n) is 1.33. The smallest absolute Gasteiger partial charge is 0.326 e. The molecular weight excluding hydrogens is 238 g/mol. The Labute approximate surface area is 107 Å². The number of likely N-dealkylation sites (N-methyl/N-ethyl adjacent to an activating group) is 2. The summed E-state index contributed by atoms with van der Waals surface area (Å²) >= 11 is 0. The van der Waals surface area contributed by atoms with E-state index in [0.717, 1.165) is 0 Å². The lowest BCUT2D eigenvalue weighted by Gasteiger charge is -2.22. The van der Waals surface area contributed by atoms with E-state index >= 15 is 0 Å². The number of carboxylic acids is 1. The van der Waals surface area contributed by atoms with E-state index in [1.54, 1.807) is 20.8 Å². The topological polar surface area (TPSA) is 98.7 Å². The Morgan fingerprint density at radius 2 is 1.83 bits per heavy atom. The molecule has 0 aromatic carbocycles. The van der Waals surface area contributed by atoms with Crippen LogP contribution in [0.15, 0.2) is 0 Å². The first kappa shape index (κ1) is 16.2. The highest BCUT2D eigenvalue weighted by Gasteiger charge is 2.21. The van der Waals surface area contributed by atoms with Gasteiger partial charge in [0.2, 0.25) is 5.91 Å². The molecule has 0 aliphatic carbocycles. The van der Waals surface area contributed by atoms with E-state index in [1.165, 1.54) is 4.90 Å². The predicted octanol–water partition coefficient (Wildman–Crippen LogP) is 0.0172. The van der Waals surface area contributed by atoms with Gasteiger partial charge in [0.1, 0.15) is 12.6 Å². The molecule has 3 amide bonds. The van der Waals surface area contributed by atoms with Crippen molar-refractivity contribution in [1.82, 2.24) is 15.5 Å². The first-order chi connectivity index (χ1) is 8.46. The summed E-state index contributed by atoms with van der Waals surface area (Å²) in [6.07, 6.45) is 0.291. The van der Waals surface area contributed by atoms with Crippen molar-refractivity contribution in [3.63, 3.8) is 0 Å². The molecule has 3 N–H and O–H groups in total. The monoisotopic (exact) mass is 259 g/mol. The Balaban J connectivity index is 4.42. The van der Waals surface area contributed by atoms with Crippen LogP contribution < -0.4 is 10.6 Å². The third-order valence-electron chi connectivity index (χ3n) is 2.38. The summed E-state index contributed by atoms with van der Waals surface area (Å²) in [5, 5.41) is 13.8. The van der Waals surface area contributed by atoms with E-state index in [0.29, 0.717) is 19.5 Å². The highest BCUT2D eigenvalue weighted by Crippen LogP contribution is 1.95. The molecule has 0 saturated carbocycles. The van der Waals surface area contributed by atoms with Crippen LogP contribution in [0, 0.1) is 0 Å². The maximum atomic E-state index is 11.8. The molecule has 0 aromatic rings. The Morgan fingerprint density at radius 3 is 2.22 bits per heavy atom. The van der Waals surface area contributed by atoms with Gasteiger partial charge in [-0.05, 0) is 20.3 Å². The molecule has 104 valence electrons. The van der Waals surface area contributed by atoms with E-state index in [4.69, 9.17) is 5.11 Å². The minimum absolute atomic E-state index is 0.0772. The van der Waals surface area contributed by atoms with Crippen LogP contribution in [-0.2, 0) is 9.59 Å². The average Bonchev–Trinajstić information content (AvgIpc) is 2.32. The van der Waals surface area contributed by atoms with Gasteiger partial charge in [-0.15, -0.1) is 0 Å². The van der Waals surface area contributed by atoms with E-state index in [2.05, 4.69) is 10.6 Å². The van der Waals surface area contributed by atoms with Gasteiger partial charge in [0, 0.05) is 13.1 Å². The molecule has 0 aromatic heterocycles. The number of carbonyl (C=O) groups excluding carboxylic acids is 2. The first-order valence-electron chi connectivity index (χ1n) is 6.01. The first-order valence-corrected chi connectivity index (χ1v) is 6.01. The molecule has 0 saturated heterocycles. The average molecular weight is 259 g/mol. The Hall–Kier alpha value is -1.79. The predicted molar refractivity (Wildman–Crippen MR) is 66.2 cm³/mol. The van der Waals surface area contributed by atoms with Crippen LogP contribution >= 0.6 is 0 Å². The SMILES string of the molecule is CCNC(=O)CN(CC)C(=O)N[C@@H](CC)C(=O)O. The zero-order valence-corrected chi connectivity index (χ0v) is 11.0.